The second kappa shape index (κ2) is 9.61. The van der Waals surface area contributed by atoms with Gasteiger partial charge in [-0.3, -0.25) is 4.79 Å². The SMILES string of the molecule is C/C(=C\C(=O)CCC1CCCCC1)CCCCCl. The molecule has 0 atom stereocenters. The van der Waals surface area contributed by atoms with Gasteiger partial charge in [-0.2, -0.15) is 0 Å². The minimum absolute atomic E-state index is 0.323. The fraction of sp³-hybridized carbons (Fsp3) is 0.812. The molecule has 0 aromatic rings. The molecule has 1 nitrogen and oxygen atoms in total. The van der Waals surface area contributed by atoms with Crippen LogP contribution in [0.25, 0.3) is 0 Å². The fourth-order valence-electron chi connectivity index (χ4n) is 2.74. The van der Waals surface area contributed by atoms with Gasteiger partial charge in [0.25, 0.3) is 0 Å². The first kappa shape index (κ1) is 15.8. The third-order valence-corrected chi connectivity index (χ3v) is 4.15. The number of alkyl halides is 1. The molecule has 2 heteroatoms. The second-order valence-corrected chi connectivity index (χ2v) is 6.02. The standard InChI is InChI=1S/C16H27ClO/c1-14(7-5-6-12-17)13-16(18)11-10-15-8-3-2-4-9-15/h13,15H,2-12H2,1H3/b14-13+. The van der Waals surface area contributed by atoms with Crippen LogP contribution < -0.4 is 0 Å². The predicted octanol–water partition coefficient (Wildman–Crippen LogP) is 5.27. The van der Waals surface area contributed by atoms with Crippen LogP contribution in [0.4, 0.5) is 0 Å². The normalized spacial score (nSPS) is 18.0. The number of rotatable bonds is 8. The summed E-state index contributed by atoms with van der Waals surface area (Å²) in [6.07, 6.45) is 13.7. The molecule has 1 aliphatic carbocycles. The van der Waals surface area contributed by atoms with E-state index in [9.17, 15) is 4.79 Å². The molecule has 1 fully saturated rings. The number of carbonyl (C=O) groups excluding carboxylic acids is 1. The molecule has 0 unspecified atom stereocenters. The maximum atomic E-state index is 11.8. The highest BCUT2D eigenvalue weighted by atomic mass is 35.5. The summed E-state index contributed by atoms with van der Waals surface area (Å²) >= 11 is 5.64. The summed E-state index contributed by atoms with van der Waals surface area (Å²) in [5.41, 5.74) is 1.22. The number of ketones is 1. The van der Waals surface area contributed by atoms with Crippen molar-refractivity contribution in [3.05, 3.63) is 11.6 Å². The Labute approximate surface area is 117 Å². The second-order valence-electron chi connectivity index (χ2n) is 5.65. The van der Waals surface area contributed by atoms with Crippen LogP contribution in [0.15, 0.2) is 11.6 Å². The Morgan fingerprint density at radius 2 is 1.89 bits per heavy atom. The summed E-state index contributed by atoms with van der Waals surface area (Å²) in [6.45, 7) is 2.06. The lowest BCUT2D eigenvalue weighted by molar-refractivity contribution is -0.115. The summed E-state index contributed by atoms with van der Waals surface area (Å²) < 4.78 is 0. The molecule has 0 aliphatic heterocycles. The van der Waals surface area contributed by atoms with Gasteiger partial charge in [0.1, 0.15) is 0 Å². The third-order valence-electron chi connectivity index (χ3n) is 3.89. The van der Waals surface area contributed by atoms with Crippen LogP contribution >= 0.6 is 11.6 Å². The number of carbonyl (C=O) groups is 1. The summed E-state index contributed by atoms with van der Waals surface area (Å²) in [7, 11) is 0. The monoisotopic (exact) mass is 270 g/mol. The quantitative estimate of drug-likeness (QED) is 0.333. The molecule has 0 heterocycles. The van der Waals surface area contributed by atoms with E-state index in [2.05, 4.69) is 6.92 Å². The number of halogens is 1. The first-order chi connectivity index (χ1) is 8.72. The number of hydrogen-bond acceptors (Lipinski definition) is 1. The Balaban J connectivity index is 2.16. The van der Waals surface area contributed by atoms with E-state index in [1.165, 1.54) is 37.7 Å². The van der Waals surface area contributed by atoms with Gasteiger partial charge in [0, 0.05) is 12.3 Å². The highest BCUT2D eigenvalue weighted by molar-refractivity contribution is 6.17. The molecule has 0 spiro atoms. The van der Waals surface area contributed by atoms with Gasteiger partial charge in [-0.1, -0.05) is 37.7 Å². The van der Waals surface area contributed by atoms with Crippen molar-refractivity contribution in [2.75, 3.05) is 5.88 Å². The fourth-order valence-corrected chi connectivity index (χ4v) is 2.93. The molecular weight excluding hydrogens is 244 g/mol. The van der Waals surface area contributed by atoms with E-state index >= 15 is 0 Å². The number of unbranched alkanes of at least 4 members (excludes halogenated alkanes) is 1. The van der Waals surface area contributed by atoms with Crippen LogP contribution in [-0.2, 0) is 4.79 Å². The molecule has 1 rings (SSSR count). The van der Waals surface area contributed by atoms with E-state index in [1.54, 1.807) is 0 Å². The van der Waals surface area contributed by atoms with Gasteiger partial charge in [0.15, 0.2) is 5.78 Å². The van der Waals surface area contributed by atoms with Gasteiger partial charge in [-0.15, -0.1) is 11.6 Å². The molecule has 18 heavy (non-hydrogen) atoms. The van der Waals surface area contributed by atoms with Crippen LogP contribution in [0.2, 0.25) is 0 Å². The van der Waals surface area contributed by atoms with Crippen LogP contribution in [0.1, 0.15) is 71.1 Å². The van der Waals surface area contributed by atoms with E-state index in [1.807, 2.05) is 6.08 Å². The Bertz CT molecular complexity index is 264. The molecule has 0 aromatic carbocycles. The topological polar surface area (TPSA) is 17.1 Å². The van der Waals surface area contributed by atoms with E-state index < -0.39 is 0 Å². The first-order valence-electron chi connectivity index (χ1n) is 7.48. The van der Waals surface area contributed by atoms with Crippen molar-refractivity contribution in [3.63, 3.8) is 0 Å². The van der Waals surface area contributed by atoms with Gasteiger partial charge in [-0.05, 0) is 44.6 Å². The van der Waals surface area contributed by atoms with Crippen LogP contribution in [0.5, 0.6) is 0 Å². The van der Waals surface area contributed by atoms with Gasteiger partial charge in [-0.25, -0.2) is 0 Å². The van der Waals surface area contributed by atoms with Crippen molar-refractivity contribution in [2.45, 2.75) is 71.1 Å². The van der Waals surface area contributed by atoms with Crippen molar-refractivity contribution in [2.24, 2.45) is 5.92 Å². The number of allylic oxidation sites excluding steroid dienone is 2. The van der Waals surface area contributed by atoms with Crippen molar-refractivity contribution in [1.29, 1.82) is 0 Å². The molecule has 104 valence electrons. The lowest BCUT2D eigenvalue weighted by Crippen LogP contribution is -2.08. The minimum Gasteiger partial charge on any atom is -0.295 e. The molecular formula is C16H27ClO. The van der Waals surface area contributed by atoms with Gasteiger partial charge < -0.3 is 0 Å². The Morgan fingerprint density at radius 3 is 2.56 bits per heavy atom. The van der Waals surface area contributed by atoms with E-state index in [0.717, 1.165) is 43.9 Å². The van der Waals surface area contributed by atoms with Crippen molar-refractivity contribution < 1.29 is 4.79 Å². The summed E-state index contributed by atoms with van der Waals surface area (Å²) in [6, 6.07) is 0. The van der Waals surface area contributed by atoms with Gasteiger partial charge >= 0.3 is 0 Å². The van der Waals surface area contributed by atoms with E-state index in [4.69, 9.17) is 11.6 Å². The average Bonchev–Trinajstić information content (AvgIpc) is 2.38. The van der Waals surface area contributed by atoms with Crippen LogP contribution in [0.3, 0.4) is 0 Å². The highest BCUT2D eigenvalue weighted by Gasteiger charge is 2.14. The van der Waals surface area contributed by atoms with E-state index in [0.29, 0.717) is 5.78 Å². The maximum absolute atomic E-state index is 11.8. The molecule has 0 saturated heterocycles. The molecule has 0 bridgehead atoms. The van der Waals surface area contributed by atoms with Crippen LogP contribution in [0, 0.1) is 5.92 Å². The lowest BCUT2D eigenvalue weighted by atomic mass is 9.85. The zero-order chi connectivity index (χ0) is 13.2. The molecule has 0 radical (unpaired) electrons. The largest absolute Gasteiger partial charge is 0.295 e. The molecule has 0 N–H and O–H groups in total. The summed E-state index contributed by atoms with van der Waals surface area (Å²) in [5.74, 6) is 1.86. The lowest BCUT2D eigenvalue weighted by Gasteiger charge is -2.20. The predicted molar refractivity (Wildman–Crippen MR) is 79.1 cm³/mol. The Morgan fingerprint density at radius 1 is 1.17 bits per heavy atom. The Hall–Kier alpha value is -0.300. The molecule has 1 saturated carbocycles. The van der Waals surface area contributed by atoms with Gasteiger partial charge in [0.2, 0.25) is 0 Å². The maximum Gasteiger partial charge on any atom is 0.155 e. The van der Waals surface area contributed by atoms with Crippen molar-refractivity contribution in [1.82, 2.24) is 0 Å². The van der Waals surface area contributed by atoms with Gasteiger partial charge in [0.05, 0.1) is 0 Å². The smallest absolute Gasteiger partial charge is 0.155 e. The number of hydrogen-bond donors (Lipinski definition) is 0. The average molecular weight is 271 g/mol. The molecule has 0 aromatic heterocycles. The van der Waals surface area contributed by atoms with Crippen LogP contribution in [-0.4, -0.2) is 11.7 Å². The van der Waals surface area contributed by atoms with Crippen molar-refractivity contribution >= 4 is 17.4 Å². The Kier molecular flexibility index (Phi) is 8.41. The minimum atomic E-state index is 0.323. The summed E-state index contributed by atoms with van der Waals surface area (Å²) in [4.78, 5) is 11.8. The molecule has 0 amide bonds. The highest BCUT2D eigenvalue weighted by Crippen LogP contribution is 2.27. The molecule has 1 aliphatic rings. The zero-order valence-corrected chi connectivity index (χ0v) is 12.5. The summed E-state index contributed by atoms with van der Waals surface area (Å²) in [5, 5.41) is 0. The first-order valence-corrected chi connectivity index (χ1v) is 8.02. The van der Waals surface area contributed by atoms with Crippen molar-refractivity contribution in [3.8, 4) is 0 Å². The van der Waals surface area contributed by atoms with E-state index in [-0.39, 0.29) is 0 Å². The third kappa shape index (κ3) is 7.20. The zero-order valence-electron chi connectivity index (χ0n) is 11.7.